The van der Waals surface area contributed by atoms with Crippen LogP contribution < -0.4 is 0 Å². The molecule has 7 aromatic rings. The van der Waals surface area contributed by atoms with Crippen molar-refractivity contribution in [3.8, 4) is 22.3 Å². The maximum absolute atomic E-state index is 2.45. The van der Waals surface area contributed by atoms with Crippen molar-refractivity contribution < 1.29 is 0 Å². The van der Waals surface area contributed by atoms with Gasteiger partial charge in [0.1, 0.15) is 0 Å². The summed E-state index contributed by atoms with van der Waals surface area (Å²) in [7, 11) is 0. The van der Waals surface area contributed by atoms with Gasteiger partial charge < -0.3 is 0 Å². The summed E-state index contributed by atoms with van der Waals surface area (Å²) in [6, 6.07) is 54.1. The zero-order valence-electron chi connectivity index (χ0n) is 22.9. The fourth-order valence-corrected chi connectivity index (χ4v) is 7.87. The molecule has 0 fully saturated rings. The highest BCUT2D eigenvalue weighted by Crippen LogP contribution is 2.59. The molecule has 0 aromatic heterocycles. The van der Waals surface area contributed by atoms with Gasteiger partial charge in [-0.1, -0.05) is 140 Å². The molecule has 0 bridgehead atoms. The van der Waals surface area contributed by atoms with Crippen molar-refractivity contribution in [2.45, 2.75) is 0 Å². The van der Waals surface area contributed by atoms with Crippen molar-refractivity contribution in [3.63, 3.8) is 0 Å². The summed E-state index contributed by atoms with van der Waals surface area (Å²) in [6.45, 7) is 0. The zero-order valence-corrected chi connectivity index (χ0v) is 22.9. The number of allylic oxidation sites excluding steroid dienone is 2. The summed E-state index contributed by atoms with van der Waals surface area (Å²) in [5.74, 6) is 0. The summed E-state index contributed by atoms with van der Waals surface area (Å²) >= 11 is 0. The number of benzene rings is 7. The molecule has 0 radical (unpaired) electrons. The van der Waals surface area contributed by atoms with E-state index in [0.717, 1.165) is 0 Å². The third-order valence-electron chi connectivity index (χ3n) is 9.53. The molecule has 0 aliphatic heterocycles. The van der Waals surface area contributed by atoms with E-state index in [2.05, 4.69) is 146 Å². The topological polar surface area (TPSA) is 0 Å². The fraction of sp³-hybridized carbons (Fsp3) is 0. The van der Waals surface area contributed by atoms with Crippen LogP contribution in [0.2, 0.25) is 0 Å². The van der Waals surface area contributed by atoms with E-state index >= 15 is 0 Å². The molecule has 10 rings (SSSR count). The lowest BCUT2D eigenvalue weighted by molar-refractivity contribution is 1.53. The first-order valence-corrected chi connectivity index (χ1v) is 14.7. The molecule has 7 aromatic carbocycles. The molecule has 0 atom stereocenters. The lowest BCUT2D eigenvalue weighted by Gasteiger charge is -2.14. The smallest absolute Gasteiger partial charge is 0.000741 e. The van der Waals surface area contributed by atoms with E-state index in [4.69, 9.17) is 0 Å². The first-order valence-electron chi connectivity index (χ1n) is 14.7. The van der Waals surface area contributed by atoms with E-state index in [1.54, 1.807) is 0 Å². The van der Waals surface area contributed by atoms with E-state index < -0.39 is 0 Å². The Bertz CT molecular complexity index is 2380. The SMILES string of the molecule is c1ccc2c(c1)C1=C(c3cccc4ccccc34)c3ccccc3C1=C2c1ccc2c(c1)-c1cccc3cccc-2c13. The Morgan fingerprint density at radius 2 is 0.762 bits per heavy atom. The first kappa shape index (κ1) is 22.3. The average Bonchev–Trinajstić information content (AvgIpc) is 3.68. The maximum atomic E-state index is 2.45. The van der Waals surface area contributed by atoms with Crippen LogP contribution in [0.1, 0.15) is 33.4 Å². The standard InChI is InChI=1S/C42H24/c1-2-14-28-25(10-1)11-7-19-30(28)40-33-16-4-6-18-35(33)41-39(32-15-3-5-17-34(32)42(40)41)27-22-23-29-31-20-8-12-26-13-9-21-36(38(26)31)37(29)24-27/h1-24H. The summed E-state index contributed by atoms with van der Waals surface area (Å²) in [4.78, 5) is 0. The Kier molecular flexibility index (Phi) is 4.27. The van der Waals surface area contributed by atoms with Gasteiger partial charge in [-0.05, 0) is 106 Å². The molecular formula is C42H24. The minimum atomic E-state index is 1.27. The molecule has 3 aliphatic carbocycles. The highest BCUT2D eigenvalue weighted by molar-refractivity contribution is 6.36. The summed E-state index contributed by atoms with van der Waals surface area (Å²) in [6.07, 6.45) is 0. The highest BCUT2D eigenvalue weighted by atomic mass is 14.4. The lowest BCUT2D eigenvalue weighted by Crippen LogP contribution is -1.93. The van der Waals surface area contributed by atoms with Crippen LogP contribution in [0.5, 0.6) is 0 Å². The van der Waals surface area contributed by atoms with E-state index in [9.17, 15) is 0 Å². The van der Waals surface area contributed by atoms with E-state index in [-0.39, 0.29) is 0 Å². The minimum absolute atomic E-state index is 1.27. The Hall–Kier alpha value is -5.46. The van der Waals surface area contributed by atoms with Crippen molar-refractivity contribution in [2.24, 2.45) is 0 Å². The predicted octanol–water partition coefficient (Wildman–Crippen LogP) is 10.9. The Morgan fingerprint density at radius 3 is 1.50 bits per heavy atom. The Morgan fingerprint density at radius 1 is 0.262 bits per heavy atom. The second-order valence-corrected chi connectivity index (χ2v) is 11.6. The van der Waals surface area contributed by atoms with Gasteiger partial charge in [-0.2, -0.15) is 0 Å². The molecule has 0 spiro atoms. The van der Waals surface area contributed by atoms with Gasteiger partial charge in [0, 0.05) is 0 Å². The van der Waals surface area contributed by atoms with Crippen LogP contribution in [0.3, 0.4) is 0 Å². The Labute approximate surface area is 244 Å². The van der Waals surface area contributed by atoms with Crippen LogP contribution in [-0.2, 0) is 0 Å². The molecule has 0 unspecified atom stereocenters. The normalized spacial score (nSPS) is 14.0. The first-order chi connectivity index (χ1) is 20.9. The van der Waals surface area contributed by atoms with Crippen molar-refractivity contribution in [2.75, 3.05) is 0 Å². The monoisotopic (exact) mass is 528 g/mol. The summed E-state index contributed by atoms with van der Waals surface area (Å²) in [5.41, 5.74) is 18.7. The van der Waals surface area contributed by atoms with Crippen LogP contribution >= 0.6 is 0 Å². The largest absolute Gasteiger partial charge is 0.0616 e. The van der Waals surface area contributed by atoms with Crippen LogP contribution in [0.15, 0.2) is 146 Å². The molecule has 0 heteroatoms. The van der Waals surface area contributed by atoms with Crippen molar-refractivity contribution in [1.82, 2.24) is 0 Å². The lowest BCUT2D eigenvalue weighted by atomic mass is 9.89. The molecule has 3 aliphatic rings. The van der Waals surface area contributed by atoms with Gasteiger partial charge in [0.2, 0.25) is 0 Å². The molecule has 0 N–H and O–H groups in total. The average molecular weight is 529 g/mol. The van der Waals surface area contributed by atoms with Gasteiger partial charge in [-0.3, -0.25) is 0 Å². The Balaban J connectivity index is 1.30. The number of fused-ring (bicyclic) bond motifs is 9. The quantitative estimate of drug-likeness (QED) is 0.209. The van der Waals surface area contributed by atoms with Crippen molar-refractivity contribution >= 4 is 43.8 Å². The van der Waals surface area contributed by atoms with Gasteiger partial charge in [0.05, 0.1) is 0 Å². The molecule has 0 saturated carbocycles. The van der Waals surface area contributed by atoms with Gasteiger partial charge in [0.15, 0.2) is 0 Å². The summed E-state index contributed by atoms with van der Waals surface area (Å²) < 4.78 is 0. The van der Waals surface area contributed by atoms with Crippen molar-refractivity contribution in [1.29, 1.82) is 0 Å². The van der Waals surface area contributed by atoms with E-state index in [1.807, 2.05) is 0 Å². The van der Waals surface area contributed by atoms with Crippen LogP contribution in [0, 0.1) is 0 Å². The number of hydrogen-bond acceptors (Lipinski definition) is 0. The third-order valence-corrected chi connectivity index (χ3v) is 9.53. The highest BCUT2D eigenvalue weighted by Gasteiger charge is 2.37. The maximum Gasteiger partial charge on any atom is -0.000741 e. The van der Waals surface area contributed by atoms with E-state index in [1.165, 1.54) is 99.5 Å². The molecule has 0 amide bonds. The third kappa shape index (κ3) is 2.77. The van der Waals surface area contributed by atoms with Gasteiger partial charge in [-0.25, -0.2) is 0 Å². The molecular weight excluding hydrogens is 504 g/mol. The molecule has 42 heavy (non-hydrogen) atoms. The second kappa shape index (κ2) is 8.06. The fourth-order valence-electron chi connectivity index (χ4n) is 7.87. The van der Waals surface area contributed by atoms with Crippen LogP contribution in [0.25, 0.3) is 66.1 Å². The second-order valence-electron chi connectivity index (χ2n) is 11.6. The molecule has 192 valence electrons. The predicted molar refractivity (Wildman–Crippen MR) is 177 cm³/mol. The molecule has 0 heterocycles. The molecule has 0 saturated heterocycles. The van der Waals surface area contributed by atoms with Gasteiger partial charge in [-0.15, -0.1) is 0 Å². The molecule has 0 nitrogen and oxygen atoms in total. The van der Waals surface area contributed by atoms with Crippen molar-refractivity contribution in [3.05, 3.63) is 179 Å². The summed E-state index contributed by atoms with van der Waals surface area (Å²) in [5, 5.41) is 5.26. The van der Waals surface area contributed by atoms with Gasteiger partial charge >= 0.3 is 0 Å². The number of rotatable bonds is 2. The minimum Gasteiger partial charge on any atom is -0.0616 e. The zero-order chi connectivity index (χ0) is 27.4. The van der Waals surface area contributed by atoms with Crippen LogP contribution in [-0.4, -0.2) is 0 Å². The van der Waals surface area contributed by atoms with Crippen LogP contribution in [0.4, 0.5) is 0 Å². The van der Waals surface area contributed by atoms with Gasteiger partial charge in [0.25, 0.3) is 0 Å². The van der Waals surface area contributed by atoms with E-state index in [0.29, 0.717) is 0 Å². The number of hydrogen-bond donors (Lipinski definition) is 0.